The van der Waals surface area contributed by atoms with E-state index in [1.54, 1.807) is 38.3 Å². The summed E-state index contributed by atoms with van der Waals surface area (Å²) in [6.45, 7) is 2.36. The molecule has 0 N–H and O–H groups in total. The van der Waals surface area contributed by atoms with Crippen LogP contribution in [0.4, 0.5) is 0 Å². The average Bonchev–Trinajstić information content (AvgIpc) is 2.74. The Labute approximate surface area is 142 Å². The Hall–Kier alpha value is 0.430. The van der Waals surface area contributed by atoms with Gasteiger partial charge in [-0.15, -0.1) is 8.58 Å². The summed E-state index contributed by atoms with van der Waals surface area (Å²) < 4.78 is 0. The summed E-state index contributed by atoms with van der Waals surface area (Å²) in [5.74, 6) is 2.17. The van der Waals surface area contributed by atoms with Crippen LogP contribution < -0.4 is 0 Å². The Morgan fingerprint density at radius 3 is 2.14 bits per heavy atom. The fourth-order valence-corrected chi connectivity index (χ4v) is 6.62. The molecule has 2 rings (SSSR count). The van der Waals surface area contributed by atoms with Gasteiger partial charge in [-0.1, -0.05) is 77.6 Å². The number of unbranched alkanes of at least 4 members (excludes halogenated alkanes) is 1. The molecule has 1 heteroatoms. The van der Waals surface area contributed by atoms with E-state index in [-0.39, 0.29) is 0 Å². The number of hydrogen-bond donors (Lipinski definition) is 0. The first-order valence-electron chi connectivity index (χ1n) is 10.6. The SMILES string of the molecule is CCCCC1CCCCPC(C2CCCCCCCC2)CC1. The van der Waals surface area contributed by atoms with Gasteiger partial charge in [0.2, 0.25) is 0 Å². The molecule has 0 bridgehead atoms. The maximum Gasteiger partial charge on any atom is -0.0208 e. The monoisotopic (exact) mass is 324 g/mol. The minimum absolute atomic E-state index is 1.07. The smallest absolute Gasteiger partial charge is 0.0208 e. The van der Waals surface area contributed by atoms with Crippen LogP contribution in [-0.2, 0) is 0 Å². The fourth-order valence-electron chi connectivity index (χ4n) is 4.76. The summed E-state index contributed by atoms with van der Waals surface area (Å²) in [6, 6.07) is 0. The van der Waals surface area contributed by atoms with E-state index in [0.29, 0.717) is 0 Å². The van der Waals surface area contributed by atoms with Crippen LogP contribution in [0.15, 0.2) is 0 Å². The molecule has 0 aromatic heterocycles. The summed E-state index contributed by atoms with van der Waals surface area (Å²) in [5.41, 5.74) is 1.11. The zero-order chi connectivity index (χ0) is 15.5. The van der Waals surface area contributed by atoms with Gasteiger partial charge in [0.05, 0.1) is 0 Å². The van der Waals surface area contributed by atoms with Gasteiger partial charge in [0.15, 0.2) is 0 Å². The van der Waals surface area contributed by atoms with Crippen LogP contribution in [0.3, 0.4) is 0 Å². The van der Waals surface area contributed by atoms with Crippen LogP contribution in [0, 0.1) is 11.8 Å². The molecule has 3 unspecified atom stereocenters. The molecule has 1 saturated heterocycles. The second kappa shape index (κ2) is 11.9. The molecule has 1 saturated carbocycles. The standard InChI is InChI=1S/C21H41P/c1-2-3-12-19-13-10-11-18-22-21(17-16-19)20-14-8-6-4-5-7-9-15-20/h19-22H,2-18H2,1H3. The van der Waals surface area contributed by atoms with Gasteiger partial charge in [0, 0.05) is 0 Å². The van der Waals surface area contributed by atoms with Crippen molar-refractivity contribution < 1.29 is 0 Å². The molecule has 1 heterocycles. The summed E-state index contributed by atoms with van der Waals surface area (Å²) in [5, 5.41) is 0. The van der Waals surface area contributed by atoms with Gasteiger partial charge < -0.3 is 0 Å². The summed E-state index contributed by atoms with van der Waals surface area (Å²) >= 11 is 0. The van der Waals surface area contributed by atoms with Gasteiger partial charge in [-0.3, -0.25) is 0 Å². The van der Waals surface area contributed by atoms with E-state index in [1.165, 1.54) is 79.2 Å². The van der Waals surface area contributed by atoms with Crippen LogP contribution in [0.1, 0.15) is 110 Å². The maximum atomic E-state index is 2.36. The van der Waals surface area contributed by atoms with Gasteiger partial charge in [-0.2, -0.15) is 0 Å². The van der Waals surface area contributed by atoms with Crippen molar-refractivity contribution >= 4 is 8.58 Å². The van der Waals surface area contributed by atoms with Crippen LogP contribution in [0.2, 0.25) is 0 Å². The highest BCUT2D eigenvalue weighted by Gasteiger charge is 2.23. The molecule has 3 atom stereocenters. The first-order valence-corrected chi connectivity index (χ1v) is 11.9. The molecule has 22 heavy (non-hydrogen) atoms. The van der Waals surface area contributed by atoms with Crippen LogP contribution in [0.25, 0.3) is 0 Å². The molecule has 2 fully saturated rings. The van der Waals surface area contributed by atoms with Crippen molar-refractivity contribution in [2.75, 3.05) is 6.16 Å². The maximum absolute atomic E-state index is 2.36. The summed E-state index contributed by atoms with van der Waals surface area (Å²) in [6.07, 6.45) is 26.0. The zero-order valence-corrected chi connectivity index (χ0v) is 16.3. The number of hydrogen-bond acceptors (Lipinski definition) is 0. The minimum Gasteiger partial charge on any atom is -0.119 e. The van der Waals surface area contributed by atoms with Gasteiger partial charge in [0.25, 0.3) is 0 Å². The van der Waals surface area contributed by atoms with Gasteiger partial charge in [-0.05, 0) is 55.8 Å². The van der Waals surface area contributed by atoms with E-state index in [2.05, 4.69) is 6.92 Å². The molecular weight excluding hydrogens is 283 g/mol. The second-order valence-corrected chi connectivity index (χ2v) is 9.75. The largest absolute Gasteiger partial charge is 0.119 e. The van der Waals surface area contributed by atoms with Crippen molar-refractivity contribution in [3.05, 3.63) is 0 Å². The first kappa shape index (κ1) is 18.8. The van der Waals surface area contributed by atoms with Crippen LogP contribution in [0.5, 0.6) is 0 Å². The molecule has 1 aliphatic carbocycles. The van der Waals surface area contributed by atoms with E-state index in [1.807, 2.05) is 0 Å². The highest BCUT2D eigenvalue weighted by molar-refractivity contribution is 7.38. The highest BCUT2D eigenvalue weighted by Crippen LogP contribution is 2.40. The molecule has 2 aliphatic rings. The third-order valence-corrected chi connectivity index (χ3v) is 8.19. The van der Waals surface area contributed by atoms with Crippen LogP contribution in [-0.4, -0.2) is 11.8 Å². The quantitative estimate of drug-likeness (QED) is 0.468. The Morgan fingerprint density at radius 2 is 1.41 bits per heavy atom. The van der Waals surface area contributed by atoms with Crippen molar-refractivity contribution in [3.63, 3.8) is 0 Å². The topological polar surface area (TPSA) is 0 Å². The Kier molecular flexibility index (Phi) is 10.1. The predicted octanol–water partition coefficient (Wildman–Crippen LogP) is 7.55. The van der Waals surface area contributed by atoms with Crippen molar-refractivity contribution in [2.24, 2.45) is 11.8 Å². The second-order valence-electron chi connectivity index (χ2n) is 8.10. The molecule has 0 amide bonds. The van der Waals surface area contributed by atoms with Gasteiger partial charge >= 0.3 is 0 Å². The van der Waals surface area contributed by atoms with E-state index in [9.17, 15) is 0 Å². The minimum atomic E-state index is 1.07. The molecule has 0 aromatic rings. The van der Waals surface area contributed by atoms with E-state index in [4.69, 9.17) is 0 Å². The average molecular weight is 325 g/mol. The lowest BCUT2D eigenvalue weighted by Gasteiger charge is -2.28. The molecule has 0 aromatic carbocycles. The summed E-state index contributed by atoms with van der Waals surface area (Å²) in [4.78, 5) is 0. The molecule has 1 aliphatic heterocycles. The Bertz CT molecular complexity index is 253. The number of rotatable bonds is 4. The molecular formula is C21H41P. The van der Waals surface area contributed by atoms with Crippen molar-refractivity contribution in [1.29, 1.82) is 0 Å². The van der Waals surface area contributed by atoms with Crippen molar-refractivity contribution in [3.8, 4) is 0 Å². The lowest BCUT2D eigenvalue weighted by atomic mass is 9.86. The first-order chi connectivity index (χ1) is 10.9. The van der Waals surface area contributed by atoms with Gasteiger partial charge in [-0.25, -0.2) is 0 Å². The van der Waals surface area contributed by atoms with Gasteiger partial charge in [0.1, 0.15) is 0 Å². The third-order valence-electron chi connectivity index (χ3n) is 6.27. The van der Waals surface area contributed by atoms with Crippen molar-refractivity contribution in [2.45, 2.75) is 115 Å². The molecule has 0 radical (unpaired) electrons. The lowest BCUT2D eigenvalue weighted by molar-refractivity contribution is 0.346. The zero-order valence-electron chi connectivity index (χ0n) is 15.3. The molecule has 130 valence electrons. The third kappa shape index (κ3) is 7.33. The lowest BCUT2D eigenvalue weighted by Crippen LogP contribution is -2.18. The van der Waals surface area contributed by atoms with Crippen molar-refractivity contribution in [1.82, 2.24) is 0 Å². The van der Waals surface area contributed by atoms with E-state index >= 15 is 0 Å². The van der Waals surface area contributed by atoms with E-state index < -0.39 is 0 Å². The highest BCUT2D eigenvalue weighted by atomic mass is 31.1. The fraction of sp³-hybridized carbons (Fsp3) is 1.00. The molecule has 0 spiro atoms. The Morgan fingerprint density at radius 1 is 0.727 bits per heavy atom. The van der Waals surface area contributed by atoms with Crippen LogP contribution >= 0.6 is 8.58 Å². The Balaban J connectivity index is 1.85. The van der Waals surface area contributed by atoms with E-state index in [0.717, 1.165) is 17.5 Å². The normalized spacial score (nSPS) is 31.5. The molecule has 0 nitrogen and oxygen atoms in total. The predicted molar refractivity (Wildman–Crippen MR) is 103 cm³/mol. The summed E-state index contributed by atoms with van der Waals surface area (Å²) in [7, 11) is 1.29.